The van der Waals surface area contributed by atoms with E-state index < -0.39 is 0 Å². The maximum atomic E-state index is 9.49. The molecule has 0 fully saturated rings. The van der Waals surface area contributed by atoms with Crippen LogP contribution in [0.15, 0.2) is 48.5 Å². The van der Waals surface area contributed by atoms with Gasteiger partial charge in [-0.3, -0.25) is 0 Å². The van der Waals surface area contributed by atoms with E-state index >= 15 is 0 Å². The number of benzene rings is 2. The molecule has 0 radical (unpaired) electrons. The van der Waals surface area contributed by atoms with Crippen molar-refractivity contribution in [1.29, 1.82) is 0 Å². The molecule has 19 heavy (non-hydrogen) atoms. The molecule has 1 N–H and O–H groups in total. The van der Waals surface area contributed by atoms with E-state index in [-0.39, 0.29) is 24.0 Å². The van der Waals surface area contributed by atoms with Gasteiger partial charge in [0.1, 0.15) is 12.8 Å². The third-order valence-electron chi connectivity index (χ3n) is 2.74. The molecule has 0 aliphatic carbocycles. The Morgan fingerprint density at radius 3 is 2.37 bits per heavy atom. The molecule has 1 aromatic heterocycles. The zero-order valence-corrected chi connectivity index (χ0v) is 14.0. The summed E-state index contributed by atoms with van der Waals surface area (Å²) in [6.07, 6.45) is 0. The molecule has 5 heteroatoms. The molecule has 0 unspecified atom stereocenters. The molecule has 2 aromatic carbocycles. The van der Waals surface area contributed by atoms with Gasteiger partial charge in [0, 0.05) is 12.1 Å². The van der Waals surface area contributed by atoms with Crippen LogP contribution in [0.4, 0.5) is 5.69 Å². The third-order valence-corrected chi connectivity index (χ3v) is 5.40. The highest BCUT2D eigenvalue weighted by molar-refractivity contribution is 7.35. The number of hydrogen-bond donors (Lipinski definition) is 1. The van der Waals surface area contributed by atoms with Crippen LogP contribution in [0, 0.1) is 0 Å². The van der Waals surface area contributed by atoms with Crippen LogP contribution in [0.2, 0.25) is 0 Å². The highest BCUT2D eigenvalue weighted by atomic mass is 127. The van der Waals surface area contributed by atoms with Crippen LogP contribution in [0.3, 0.4) is 0 Å². The molecule has 3 rings (SSSR count). The number of halogens is 1. The second-order valence-corrected chi connectivity index (χ2v) is 6.32. The average molecular weight is 401 g/mol. The minimum absolute atomic E-state index is 0. The normalized spacial score (nSPS) is 12.1. The zero-order valence-electron chi connectivity index (χ0n) is 10.2. The largest absolute Gasteiger partial charge is 1.00 e. The first-order valence-electron chi connectivity index (χ1n) is 5.58. The second kappa shape index (κ2) is 6.02. The van der Waals surface area contributed by atoms with Gasteiger partial charge >= 0.3 is 3.98 Å². The summed E-state index contributed by atoms with van der Waals surface area (Å²) < 4.78 is 5.71. The van der Waals surface area contributed by atoms with Crippen molar-refractivity contribution in [2.24, 2.45) is 0 Å². The molecule has 1 heterocycles. The van der Waals surface area contributed by atoms with Crippen molar-refractivity contribution < 1.29 is 29.1 Å². The van der Waals surface area contributed by atoms with Gasteiger partial charge in [0.05, 0.1) is 9.40 Å². The van der Waals surface area contributed by atoms with Crippen molar-refractivity contribution in [3.8, 4) is 5.75 Å². The van der Waals surface area contributed by atoms with Crippen LogP contribution in [0.25, 0.3) is 9.40 Å². The van der Waals surface area contributed by atoms with Gasteiger partial charge < -0.3 is 29.1 Å². The molecule has 0 aliphatic rings. The summed E-state index contributed by atoms with van der Waals surface area (Å²) in [5.41, 5.74) is 1.17. The third kappa shape index (κ3) is 2.98. The van der Waals surface area contributed by atoms with E-state index in [1.54, 1.807) is 28.7 Å². The van der Waals surface area contributed by atoms with Gasteiger partial charge in [0.25, 0.3) is 0 Å². The number of hydrogen-bond acceptors (Lipinski definition) is 3. The molecule has 0 saturated carbocycles. The molecule has 0 atom stereocenters. The van der Waals surface area contributed by atoms with Crippen LogP contribution < -0.4 is 32.5 Å². The van der Waals surface area contributed by atoms with Crippen molar-refractivity contribution in [2.45, 2.75) is 0 Å². The molecule has 98 valence electrons. The maximum Gasteiger partial charge on any atom is 0.320 e. The number of fused-ring (bicyclic) bond motifs is 1. The SMILES string of the molecule is C[N+](c1ccccc1)=c1sc2ccc(O)cc2s1.[I-]. The van der Waals surface area contributed by atoms with Crippen molar-refractivity contribution in [2.75, 3.05) is 7.05 Å². The van der Waals surface area contributed by atoms with Crippen molar-refractivity contribution in [1.82, 2.24) is 4.58 Å². The van der Waals surface area contributed by atoms with Gasteiger partial charge in [-0.2, -0.15) is 4.58 Å². The molecular formula is C14H12INOS2. The van der Waals surface area contributed by atoms with Gasteiger partial charge in [-0.15, -0.1) is 0 Å². The highest BCUT2D eigenvalue weighted by Gasteiger charge is 2.08. The lowest BCUT2D eigenvalue weighted by atomic mass is 10.3. The summed E-state index contributed by atoms with van der Waals surface area (Å²) in [5, 5.41) is 9.49. The fourth-order valence-electron chi connectivity index (χ4n) is 1.76. The summed E-state index contributed by atoms with van der Waals surface area (Å²) in [5.74, 6) is 0.325. The van der Waals surface area contributed by atoms with Crippen LogP contribution >= 0.6 is 22.7 Å². The lowest BCUT2D eigenvalue weighted by molar-refractivity contribution is -0.00000445. The quantitative estimate of drug-likeness (QED) is 0.464. The van der Waals surface area contributed by atoms with E-state index in [0.717, 1.165) is 4.70 Å². The molecule has 3 aromatic rings. The van der Waals surface area contributed by atoms with Crippen molar-refractivity contribution in [3.63, 3.8) is 0 Å². The van der Waals surface area contributed by atoms with Gasteiger partial charge in [0.2, 0.25) is 5.69 Å². The van der Waals surface area contributed by atoms with Gasteiger partial charge in [-0.25, -0.2) is 0 Å². The molecule has 0 bridgehead atoms. The molecule has 0 spiro atoms. The predicted molar refractivity (Wildman–Crippen MR) is 78.7 cm³/mol. The molecule has 2 nitrogen and oxygen atoms in total. The van der Waals surface area contributed by atoms with Crippen LogP contribution in [0.5, 0.6) is 5.75 Å². The maximum absolute atomic E-state index is 9.49. The van der Waals surface area contributed by atoms with Gasteiger partial charge in [0.15, 0.2) is 0 Å². The minimum atomic E-state index is 0. The van der Waals surface area contributed by atoms with Gasteiger partial charge in [-0.1, -0.05) is 40.9 Å². The second-order valence-electron chi connectivity index (χ2n) is 4.00. The summed E-state index contributed by atoms with van der Waals surface area (Å²) in [6, 6.07) is 15.8. The lowest BCUT2D eigenvalue weighted by Crippen LogP contribution is -3.00. The van der Waals surface area contributed by atoms with E-state index in [1.807, 2.05) is 30.3 Å². The monoisotopic (exact) mass is 401 g/mol. The Bertz CT molecular complexity index is 762. The van der Waals surface area contributed by atoms with Crippen molar-refractivity contribution in [3.05, 3.63) is 52.5 Å². The number of nitrogens with zero attached hydrogens (tertiary/aromatic N) is 1. The number of phenolic OH excluding ortho intramolecular Hbond substituents is 1. The van der Waals surface area contributed by atoms with E-state index in [9.17, 15) is 5.11 Å². The van der Waals surface area contributed by atoms with Crippen LogP contribution in [0.1, 0.15) is 0 Å². The first kappa shape index (κ1) is 14.5. The topological polar surface area (TPSA) is 23.2 Å². The standard InChI is InChI=1S/C14H11NOS2.HI/c1-15(10-5-3-2-4-6-10)14-17-12-8-7-11(16)9-13(12)18-14;/h2-9H,1H3;1H. The lowest BCUT2D eigenvalue weighted by Gasteiger charge is -1.91. The molecule has 0 aliphatic heterocycles. The molecular weight excluding hydrogens is 389 g/mol. The van der Waals surface area contributed by atoms with E-state index in [4.69, 9.17) is 0 Å². The van der Waals surface area contributed by atoms with Crippen LogP contribution in [-0.2, 0) is 0 Å². The first-order chi connectivity index (χ1) is 8.74. The summed E-state index contributed by atoms with van der Waals surface area (Å²) in [6.45, 7) is 0. The average Bonchev–Trinajstić information content (AvgIpc) is 2.81. The van der Waals surface area contributed by atoms with E-state index in [1.165, 1.54) is 14.4 Å². The Kier molecular flexibility index (Phi) is 4.59. The van der Waals surface area contributed by atoms with Crippen LogP contribution in [-0.4, -0.2) is 12.2 Å². The first-order valence-corrected chi connectivity index (χ1v) is 7.22. The summed E-state index contributed by atoms with van der Waals surface area (Å²) >= 11 is 3.44. The smallest absolute Gasteiger partial charge is 0.320 e. The number of phenols is 1. The fraction of sp³-hybridized carbons (Fsp3) is 0.0714. The van der Waals surface area contributed by atoms with E-state index in [2.05, 4.69) is 23.8 Å². The Morgan fingerprint density at radius 2 is 1.63 bits per heavy atom. The summed E-state index contributed by atoms with van der Waals surface area (Å²) in [7, 11) is 2.07. The Labute approximate surface area is 136 Å². The Morgan fingerprint density at radius 1 is 0.947 bits per heavy atom. The van der Waals surface area contributed by atoms with Crippen molar-refractivity contribution >= 4 is 37.8 Å². The highest BCUT2D eigenvalue weighted by Crippen LogP contribution is 2.25. The Hall–Kier alpha value is -0.920. The van der Waals surface area contributed by atoms with Gasteiger partial charge in [-0.05, 0) is 18.2 Å². The number of rotatable bonds is 1. The Balaban J connectivity index is 0.00000133. The minimum Gasteiger partial charge on any atom is -1.00 e. The number of aromatic hydroxyl groups is 1. The fourth-order valence-corrected chi connectivity index (χ4v) is 4.22. The predicted octanol–water partition coefficient (Wildman–Crippen LogP) is 0.406. The van der Waals surface area contributed by atoms with E-state index in [0.29, 0.717) is 5.75 Å². The molecule has 0 saturated heterocycles. The molecule has 0 amide bonds. The summed E-state index contributed by atoms with van der Waals surface area (Å²) in [4.78, 5) is 0. The number of para-hydroxylation sites is 1. The zero-order chi connectivity index (χ0) is 12.5.